The Labute approximate surface area is 125 Å². The Morgan fingerprint density at radius 3 is 2.62 bits per heavy atom. The predicted octanol–water partition coefficient (Wildman–Crippen LogP) is 3.05. The molecule has 3 aliphatic carbocycles. The van der Waals surface area contributed by atoms with Crippen molar-refractivity contribution in [2.75, 3.05) is 6.54 Å². The van der Waals surface area contributed by atoms with Crippen molar-refractivity contribution in [2.24, 2.45) is 29.1 Å². The van der Waals surface area contributed by atoms with Crippen molar-refractivity contribution < 1.29 is 14.5 Å². The Bertz CT molecular complexity index is 461. The van der Waals surface area contributed by atoms with Crippen LogP contribution in [0.25, 0.3) is 0 Å². The Morgan fingerprint density at radius 2 is 2.00 bits per heavy atom. The standard InChI is InChI=1S/C16H25NO4/c1-15(2,3)21-14(18)8-16(9-17(19)20)12-5-4-10-6-11(12)13(16)7-10/h10-13H,4-9H2,1-3H3/t10-,11?,12?,13-,16+/m1/s1. The number of carbonyl (C=O) groups excluding carboxylic acids is 1. The van der Waals surface area contributed by atoms with Crippen LogP contribution in [-0.4, -0.2) is 23.0 Å². The van der Waals surface area contributed by atoms with Gasteiger partial charge in [0.25, 0.3) is 0 Å². The van der Waals surface area contributed by atoms with E-state index in [4.69, 9.17) is 4.74 Å². The van der Waals surface area contributed by atoms with Gasteiger partial charge in [0.2, 0.25) is 6.54 Å². The number of ether oxygens (including phenoxy) is 1. The highest BCUT2D eigenvalue weighted by Gasteiger charge is 2.69. The molecule has 5 nitrogen and oxygen atoms in total. The lowest BCUT2D eigenvalue weighted by atomic mass is 9.45. The summed E-state index contributed by atoms with van der Waals surface area (Å²) < 4.78 is 5.44. The van der Waals surface area contributed by atoms with Gasteiger partial charge in [-0.1, -0.05) is 6.42 Å². The topological polar surface area (TPSA) is 69.4 Å². The molecule has 3 saturated carbocycles. The zero-order chi connectivity index (χ0) is 15.4. The fourth-order valence-electron chi connectivity index (χ4n) is 5.46. The molecule has 21 heavy (non-hydrogen) atoms. The molecule has 5 atom stereocenters. The van der Waals surface area contributed by atoms with Crippen LogP contribution < -0.4 is 0 Å². The van der Waals surface area contributed by atoms with Crippen molar-refractivity contribution in [3.05, 3.63) is 10.1 Å². The second-order valence-corrected chi connectivity index (χ2v) is 8.28. The number of fused-ring (bicyclic) bond motifs is 1. The van der Waals surface area contributed by atoms with Gasteiger partial charge in [0, 0.05) is 4.92 Å². The number of hydrogen-bond donors (Lipinski definition) is 0. The van der Waals surface area contributed by atoms with E-state index in [2.05, 4.69) is 0 Å². The van der Waals surface area contributed by atoms with Gasteiger partial charge in [-0.2, -0.15) is 0 Å². The molecule has 0 heterocycles. The molecule has 0 amide bonds. The third-order valence-corrected chi connectivity index (χ3v) is 5.91. The maximum Gasteiger partial charge on any atom is 0.307 e. The smallest absolute Gasteiger partial charge is 0.307 e. The minimum absolute atomic E-state index is 0.0647. The van der Waals surface area contributed by atoms with Crippen LogP contribution in [0.2, 0.25) is 0 Å². The Kier molecular flexibility index (Phi) is 3.30. The SMILES string of the molecule is CC(C)(C)OC(=O)C[C@]1(C[N+](=O)[O-])C2CC[C@@H]3CC2[C@H]1C3. The molecule has 118 valence electrons. The molecule has 2 unspecified atom stereocenters. The minimum Gasteiger partial charge on any atom is -0.460 e. The van der Waals surface area contributed by atoms with Crippen molar-refractivity contribution in [2.45, 2.75) is 58.5 Å². The van der Waals surface area contributed by atoms with E-state index in [0.29, 0.717) is 17.8 Å². The monoisotopic (exact) mass is 295 g/mol. The van der Waals surface area contributed by atoms with E-state index in [-0.39, 0.29) is 23.9 Å². The van der Waals surface area contributed by atoms with Gasteiger partial charge < -0.3 is 4.74 Å². The van der Waals surface area contributed by atoms with Gasteiger partial charge in [0.15, 0.2) is 0 Å². The fourth-order valence-corrected chi connectivity index (χ4v) is 5.46. The highest BCUT2D eigenvalue weighted by atomic mass is 16.6. The molecule has 0 radical (unpaired) electrons. The molecule has 0 spiro atoms. The normalized spacial score (nSPS) is 40.5. The van der Waals surface area contributed by atoms with Crippen molar-refractivity contribution in [3.63, 3.8) is 0 Å². The first-order chi connectivity index (χ1) is 9.71. The van der Waals surface area contributed by atoms with Gasteiger partial charge in [-0.15, -0.1) is 0 Å². The molecule has 0 aromatic rings. The quantitative estimate of drug-likeness (QED) is 0.454. The van der Waals surface area contributed by atoms with E-state index in [9.17, 15) is 14.9 Å². The van der Waals surface area contributed by atoms with Gasteiger partial charge in [-0.05, 0) is 63.7 Å². The molecule has 3 rings (SSSR count). The maximum absolute atomic E-state index is 12.3. The summed E-state index contributed by atoms with van der Waals surface area (Å²) >= 11 is 0. The van der Waals surface area contributed by atoms with E-state index >= 15 is 0 Å². The van der Waals surface area contributed by atoms with Gasteiger partial charge in [-0.25, -0.2) is 0 Å². The van der Waals surface area contributed by atoms with Crippen LogP contribution in [0.5, 0.6) is 0 Å². The second kappa shape index (κ2) is 4.68. The summed E-state index contributed by atoms with van der Waals surface area (Å²) in [7, 11) is 0. The number of rotatable bonds is 4. The molecular formula is C16H25NO4. The van der Waals surface area contributed by atoms with E-state index in [1.165, 1.54) is 12.8 Å². The van der Waals surface area contributed by atoms with Crippen LogP contribution in [-0.2, 0) is 9.53 Å². The largest absolute Gasteiger partial charge is 0.460 e. The zero-order valence-electron chi connectivity index (χ0n) is 13.1. The predicted molar refractivity (Wildman–Crippen MR) is 77.2 cm³/mol. The lowest BCUT2D eigenvalue weighted by molar-refractivity contribution is -0.512. The molecular weight excluding hydrogens is 270 g/mol. The summed E-state index contributed by atoms with van der Waals surface area (Å²) in [5.74, 6) is 1.83. The minimum atomic E-state index is -0.524. The molecule has 0 saturated heterocycles. The van der Waals surface area contributed by atoms with Crippen LogP contribution in [0, 0.1) is 39.2 Å². The Balaban J connectivity index is 1.79. The number of nitro groups is 1. The molecule has 3 aliphatic rings. The molecule has 3 fully saturated rings. The van der Waals surface area contributed by atoms with Crippen molar-refractivity contribution >= 4 is 5.97 Å². The van der Waals surface area contributed by atoms with Crippen LogP contribution in [0.4, 0.5) is 0 Å². The Morgan fingerprint density at radius 1 is 1.29 bits per heavy atom. The zero-order valence-corrected chi connectivity index (χ0v) is 13.1. The van der Waals surface area contributed by atoms with E-state index in [0.717, 1.165) is 18.8 Å². The molecule has 0 aliphatic heterocycles. The van der Waals surface area contributed by atoms with Gasteiger partial charge >= 0.3 is 5.97 Å². The number of esters is 1. The molecule has 5 heteroatoms. The van der Waals surface area contributed by atoms with Crippen molar-refractivity contribution in [3.8, 4) is 0 Å². The van der Waals surface area contributed by atoms with E-state index < -0.39 is 11.0 Å². The maximum atomic E-state index is 12.3. The van der Waals surface area contributed by atoms with Gasteiger partial charge in [0.05, 0.1) is 11.8 Å². The van der Waals surface area contributed by atoms with E-state index in [1.807, 2.05) is 20.8 Å². The molecule has 0 N–H and O–H groups in total. The van der Waals surface area contributed by atoms with Crippen LogP contribution in [0.3, 0.4) is 0 Å². The molecule has 0 aromatic carbocycles. The first kappa shape index (κ1) is 14.8. The number of carbonyl (C=O) groups is 1. The van der Waals surface area contributed by atoms with E-state index in [1.54, 1.807) is 0 Å². The first-order valence-electron chi connectivity index (χ1n) is 8.05. The highest BCUT2D eigenvalue weighted by Crippen LogP contribution is 2.70. The summed E-state index contributed by atoms with van der Waals surface area (Å²) in [5, 5.41) is 11.2. The summed E-state index contributed by atoms with van der Waals surface area (Å²) in [4.78, 5) is 23.2. The number of hydrogen-bond acceptors (Lipinski definition) is 4. The summed E-state index contributed by atoms with van der Waals surface area (Å²) in [6.07, 6.45) is 4.78. The van der Waals surface area contributed by atoms with Crippen LogP contribution in [0.1, 0.15) is 52.9 Å². The Hall–Kier alpha value is -1.13. The highest BCUT2D eigenvalue weighted by molar-refractivity contribution is 5.71. The van der Waals surface area contributed by atoms with Gasteiger partial charge in [0.1, 0.15) is 5.60 Å². The lowest BCUT2D eigenvalue weighted by Gasteiger charge is -2.57. The van der Waals surface area contributed by atoms with Crippen LogP contribution >= 0.6 is 0 Å². The second-order valence-electron chi connectivity index (χ2n) is 8.28. The lowest BCUT2D eigenvalue weighted by Crippen LogP contribution is -2.59. The third-order valence-electron chi connectivity index (χ3n) is 5.91. The summed E-state index contributed by atoms with van der Waals surface area (Å²) in [5.41, 5.74) is -0.953. The number of nitrogens with zero attached hydrogens (tertiary/aromatic N) is 1. The third kappa shape index (κ3) is 2.44. The van der Waals surface area contributed by atoms with Crippen LogP contribution in [0.15, 0.2) is 0 Å². The van der Waals surface area contributed by atoms with Crippen molar-refractivity contribution in [1.82, 2.24) is 0 Å². The van der Waals surface area contributed by atoms with Gasteiger partial charge in [-0.3, -0.25) is 14.9 Å². The average Bonchev–Trinajstić information content (AvgIpc) is 2.50. The first-order valence-corrected chi connectivity index (χ1v) is 8.05. The molecule has 0 aromatic heterocycles. The molecule has 2 bridgehead atoms. The fraction of sp³-hybridized carbons (Fsp3) is 0.938. The van der Waals surface area contributed by atoms with Crippen molar-refractivity contribution in [1.29, 1.82) is 0 Å². The summed E-state index contributed by atoms with van der Waals surface area (Å²) in [6.45, 7) is 5.46. The average molecular weight is 295 g/mol. The summed E-state index contributed by atoms with van der Waals surface area (Å²) in [6, 6.07) is 0.